The van der Waals surface area contributed by atoms with Crippen molar-refractivity contribution in [2.24, 2.45) is 0 Å². The van der Waals surface area contributed by atoms with Crippen LogP contribution in [0.15, 0.2) is 6.33 Å². The number of carbonyl (C=O) groups is 1. The van der Waals surface area contributed by atoms with Gasteiger partial charge in [0.25, 0.3) is 5.91 Å². The average Bonchev–Trinajstić information content (AvgIpc) is 3.12. The summed E-state index contributed by atoms with van der Waals surface area (Å²) in [6, 6.07) is 0. The maximum absolute atomic E-state index is 12.1. The van der Waals surface area contributed by atoms with Crippen molar-refractivity contribution in [2.75, 3.05) is 6.54 Å². The molecule has 7 nitrogen and oxygen atoms in total. The van der Waals surface area contributed by atoms with E-state index in [0.717, 1.165) is 23.1 Å². The molecule has 0 bridgehead atoms. The van der Waals surface area contributed by atoms with Crippen LogP contribution in [0.4, 0.5) is 0 Å². The SMILES string of the molecule is C[C@H](O)CNC(=O)c1nc2c3c4c(sc3ncn2n1)CCCC4. The molecule has 0 aliphatic heterocycles. The van der Waals surface area contributed by atoms with Crippen molar-refractivity contribution in [3.63, 3.8) is 0 Å². The van der Waals surface area contributed by atoms with E-state index < -0.39 is 6.10 Å². The van der Waals surface area contributed by atoms with Gasteiger partial charge in [-0.1, -0.05) is 0 Å². The molecule has 4 rings (SSSR count). The molecule has 1 atom stereocenters. The van der Waals surface area contributed by atoms with E-state index in [-0.39, 0.29) is 18.3 Å². The molecule has 3 aromatic rings. The van der Waals surface area contributed by atoms with Crippen LogP contribution in [0, 0.1) is 0 Å². The van der Waals surface area contributed by atoms with Gasteiger partial charge in [0.05, 0.1) is 11.5 Å². The van der Waals surface area contributed by atoms with E-state index in [1.807, 2.05) is 0 Å². The molecule has 0 saturated heterocycles. The second kappa shape index (κ2) is 5.54. The maximum atomic E-state index is 12.1. The van der Waals surface area contributed by atoms with Gasteiger partial charge < -0.3 is 10.4 Å². The molecule has 0 aromatic carbocycles. The Kier molecular flexibility index (Phi) is 3.50. The first-order chi connectivity index (χ1) is 11.1. The van der Waals surface area contributed by atoms with Crippen molar-refractivity contribution in [3.8, 4) is 0 Å². The minimum absolute atomic E-state index is 0.107. The number of nitrogens with one attached hydrogen (secondary N) is 1. The number of aliphatic hydroxyl groups is 1. The Morgan fingerprint density at radius 3 is 3.13 bits per heavy atom. The quantitative estimate of drug-likeness (QED) is 0.755. The summed E-state index contributed by atoms with van der Waals surface area (Å²) < 4.78 is 1.57. The van der Waals surface area contributed by atoms with Crippen LogP contribution in [0.25, 0.3) is 15.9 Å². The van der Waals surface area contributed by atoms with E-state index in [9.17, 15) is 9.90 Å². The zero-order chi connectivity index (χ0) is 16.0. The van der Waals surface area contributed by atoms with E-state index in [1.54, 1.807) is 29.1 Å². The molecule has 0 spiro atoms. The first kappa shape index (κ1) is 14.5. The number of hydrogen-bond acceptors (Lipinski definition) is 6. The van der Waals surface area contributed by atoms with Crippen molar-refractivity contribution >= 4 is 33.1 Å². The summed E-state index contributed by atoms with van der Waals surface area (Å²) in [6.45, 7) is 1.79. The zero-order valence-corrected chi connectivity index (χ0v) is 13.6. The highest BCUT2D eigenvalue weighted by atomic mass is 32.1. The Morgan fingerprint density at radius 1 is 1.48 bits per heavy atom. The zero-order valence-electron chi connectivity index (χ0n) is 12.7. The Morgan fingerprint density at radius 2 is 2.30 bits per heavy atom. The lowest BCUT2D eigenvalue weighted by Crippen LogP contribution is -2.31. The monoisotopic (exact) mass is 331 g/mol. The summed E-state index contributed by atoms with van der Waals surface area (Å²) in [5, 5.41) is 17.1. The van der Waals surface area contributed by atoms with Crippen LogP contribution >= 0.6 is 11.3 Å². The summed E-state index contributed by atoms with van der Waals surface area (Å²) in [7, 11) is 0. The lowest BCUT2D eigenvalue weighted by atomic mass is 9.97. The lowest BCUT2D eigenvalue weighted by Gasteiger charge is -2.09. The number of amides is 1. The molecule has 1 amide bonds. The van der Waals surface area contributed by atoms with Crippen LogP contribution in [0.2, 0.25) is 0 Å². The minimum Gasteiger partial charge on any atom is -0.392 e. The molecule has 8 heteroatoms. The number of nitrogens with zero attached hydrogens (tertiary/aromatic N) is 4. The van der Waals surface area contributed by atoms with Gasteiger partial charge in [0.2, 0.25) is 5.82 Å². The highest BCUT2D eigenvalue weighted by Crippen LogP contribution is 2.36. The summed E-state index contributed by atoms with van der Waals surface area (Å²) in [4.78, 5) is 23.3. The summed E-state index contributed by atoms with van der Waals surface area (Å²) >= 11 is 1.72. The standard InChI is InChI=1S/C15H17N5O2S/c1-8(21)6-16-14(22)12-18-13-11-9-4-2-3-5-10(9)23-15(11)17-7-20(13)19-12/h7-8,21H,2-6H2,1H3,(H,16,22)/t8-/m0/s1. The van der Waals surface area contributed by atoms with Crippen molar-refractivity contribution in [2.45, 2.75) is 38.7 Å². The van der Waals surface area contributed by atoms with Gasteiger partial charge in [0, 0.05) is 11.4 Å². The number of rotatable bonds is 3. The van der Waals surface area contributed by atoms with Crippen LogP contribution in [-0.4, -0.2) is 43.2 Å². The second-order valence-electron chi connectivity index (χ2n) is 5.90. The van der Waals surface area contributed by atoms with Gasteiger partial charge in [-0.3, -0.25) is 4.79 Å². The van der Waals surface area contributed by atoms with Gasteiger partial charge in [0.15, 0.2) is 5.65 Å². The highest BCUT2D eigenvalue weighted by Gasteiger charge is 2.22. The third-order valence-corrected chi connectivity index (χ3v) is 5.25. The number of carbonyl (C=O) groups excluding carboxylic acids is 1. The molecular weight excluding hydrogens is 314 g/mol. The normalized spacial score (nSPS) is 15.7. The van der Waals surface area contributed by atoms with Crippen molar-refractivity contribution in [3.05, 3.63) is 22.6 Å². The van der Waals surface area contributed by atoms with E-state index in [0.29, 0.717) is 5.65 Å². The van der Waals surface area contributed by atoms with Gasteiger partial charge in [-0.2, -0.15) is 0 Å². The van der Waals surface area contributed by atoms with E-state index in [2.05, 4.69) is 20.4 Å². The first-order valence-electron chi connectivity index (χ1n) is 7.75. The van der Waals surface area contributed by atoms with Crippen LogP contribution in [0.5, 0.6) is 0 Å². The number of aryl methyl sites for hydroxylation is 2. The fourth-order valence-corrected chi connectivity index (χ4v) is 4.19. The number of thiophene rings is 1. The summed E-state index contributed by atoms with van der Waals surface area (Å²) in [5.41, 5.74) is 2.01. The van der Waals surface area contributed by atoms with Crippen LogP contribution < -0.4 is 5.32 Å². The average molecular weight is 331 g/mol. The molecule has 23 heavy (non-hydrogen) atoms. The largest absolute Gasteiger partial charge is 0.392 e. The number of fused-ring (bicyclic) bond motifs is 5. The fourth-order valence-electron chi connectivity index (χ4n) is 2.97. The van der Waals surface area contributed by atoms with Crippen molar-refractivity contribution < 1.29 is 9.90 Å². The predicted octanol–water partition coefficient (Wildman–Crippen LogP) is 1.33. The van der Waals surface area contributed by atoms with E-state index >= 15 is 0 Å². The van der Waals surface area contributed by atoms with Gasteiger partial charge >= 0.3 is 0 Å². The number of aromatic nitrogens is 4. The Hall–Kier alpha value is -2.06. The van der Waals surface area contributed by atoms with Gasteiger partial charge in [-0.25, -0.2) is 14.5 Å². The Bertz CT molecular complexity index is 898. The summed E-state index contributed by atoms with van der Waals surface area (Å²) in [5.74, 6) is -0.275. The van der Waals surface area contributed by atoms with Crippen molar-refractivity contribution in [1.82, 2.24) is 24.9 Å². The minimum atomic E-state index is -0.603. The second-order valence-corrected chi connectivity index (χ2v) is 6.98. The first-order valence-corrected chi connectivity index (χ1v) is 8.57. The maximum Gasteiger partial charge on any atom is 0.291 e. The van der Waals surface area contributed by atoms with Gasteiger partial charge in [-0.05, 0) is 38.2 Å². The smallest absolute Gasteiger partial charge is 0.291 e. The molecule has 0 fully saturated rings. The number of aliphatic hydroxyl groups excluding tert-OH is 1. The van der Waals surface area contributed by atoms with E-state index in [1.165, 1.54) is 23.3 Å². The van der Waals surface area contributed by atoms with Gasteiger partial charge in [-0.15, -0.1) is 16.4 Å². The lowest BCUT2D eigenvalue weighted by molar-refractivity contribution is 0.0914. The highest BCUT2D eigenvalue weighted by molar-refractivity contribution is 7.19. The van der Waals surface area contributed by atoms with E-state index in [4.69, 9.17) is 0 Å². The molecule has 3 aromatic heterocycles. The molecule has 2 N–H and O–H groups in total. The molecule has 3 heterocycles. The molecule has 0 saturated carbocycles. The fraction of sp³-hybridized carbons (Fsp3) is 0.467. The number of hydrogen-bond donors (Lipinski definition) is 2. The molecular formula is C15H17N5O2S. The topological polar surface area (TPSA) is 92.4 Å². The molecule has 1 aliphatic carbocycles. The third-order valence-electron chi connectivity index (χ3n) is 4.05. The molecule has 0 unspecified atom stereocenters. The summed E-state index contributed by atoms with van der Waals surface area (Å²) in [6.07, 6.45) is 5.53. The molecule has 1 aliphatic rings. The van der Waals surface area contributed by atoms with Gasteiger partial charge in [0.1, 0.15) is 11.2 Å². The van der Waals surface area contributed by atoms with Crippen molar-refractivity contribution in [1.29, 1.82) is 0 Å². The Labute approximate surface area is 136 Å². The van der Waals surface area contributed by atoms with Crippen LogP contribution in [0.3, 0.4) is 0 Å². The molecule has 0 radical (unpaired) electrons. The predicted molar refractivity (Wildman–Crippen MR) is 86.8 cm³/mol. The van der Waals surface area contributed by atoms with Crippen LogP contribution in [0.1, 0.15) is 40.8 Å². The van der Waals surface area contributed by atoms with Crippen LogP contribution in [-0.2, 0) is 12.8 Å². The third kappa shape index (κ3) is 2.47. The molecule has 120 valence electrons. The Balaban J connectivity index is 1.80.